The summed E-state index contributed by atoms with van der Waals surface area (Å²) in [5, 5.41) is 10.3. The molecule has 29 heavy (non-hydrogen) atoms. The van der Waals surface area contributed by atoms with Crippen molar-refractivity contribution >= 4 is 33.6 Å². The fourth-order valence-corrected chi connectivity index (χ4v) is 5.22. The second-order valence-corrected chi connectivity index (χ2v) is 8.40. The van der Waals surface area contributed by atoms with Gasteiger partial charge < -0.3 is 0 Å². The molecule has 0 fully saturated rings. The van der Waals surface area contributed by atoms with Crippen LogP contribution >= 0.6 is 11.3 Å². The number of aromatic nitrogens is 4. The van der Waals surface area contributed by atoms with Crippen molar-refractivity contribution in [1.29, 1.82) is 0 Å². The highest BCUT2D eigenvalue weighted by Gasteiger charge is 2.19. The monoisotopic (exact) mass is 402 g/mol. The zero-order chi connectivity index (χ0) is 19.8. The van der Waals surface area contributed by atoms with Crippen LogP contribution in [0.15, 0.2) is 41.8 Å². The summed E-state index contributed by atoms with van der Waals surface area (Å²) in [6, 6.07) is 10.1. The van der Waals surface area contributed by atoms with E-state index < -0.39 is 0 Å². The molecule has 0 bridgehead atoms. The van der Waals surface area contributed by atoms with Crippen LogP contribution in [-0.4, -0.2) is 26.0 Å². The van der Waals surface area contributed by atoms with Crippen LogP contribution < -0.4 is 5.43 Å². The molecule has 0 unspecified atom stereocenters. The molecule has 4 aromatic rings. The van der Waals surface area contributed by atoms with Crippen molar-refractivity contribution in [2.45, 2.75) is 39.5 Å². The van der Waals surface area contributed by atoms with E-state index in [2.05, 4.69) is 44.7 Å². The first kappa shape index (κ1) is 18.0. The molecule has 0 radical (unpaired) electrons. The normalized spacial score (nSPS) is 13.9. The number of hydrogen-bond acceptors (Lipinski definition) is 6. The molecule has 5 rings (SSSR count). The van der Waals surface area contributed by atoms with E-state index in [-0.39, 0.29) is 0 Å². The van der Waals surface area contributed by atoms with Gasteiger partial charge in [-0.05, 0) is 57.2 Å². The SMILES string of the molecule is Cc1nn(-c2ccccc2)c(C)c1/C=N/Nc1ncnc2sc3c(c12)CCCC3. The van der Waals surface area contributed by atoms with Gasteiger partial charge in [-0.25, -0.2) is 14.6 Å². The minimum atomic E-state index is 0.788. The Hall–Kier alpha value is -3.06. The molecule has 3 heterocycles. The Kier molecular flexibility index (Phi) is 4.60. The van der Waals surface area contributed by atoms with E-state index in [1.54, 1.807) is 17.7 Å². The highest BCUT2D eigenvalue weighted by atomic mass is 32.1. The number of benzene rings is 1. The first-order chi connectivity index (χ1) is 14.2. The van der Waals surface area contributed by atoms with E-state index in [0.717, 1.165) is 51.5 Å². The highest BCUT2D eigenvalue weighted by molar-refractivity contribution is 7.19. The molecule has 0 saturated heterocycles. The molecule has 0 amide bonds. The van der Waals surface area contributed by atoms with Gasteiger partial charge in [0.25, 0.3) is 0 Å². The van der Waals surface area contributed by atoms with Gasteiger partial charge in [-0.3, -0.25) is 5.43 Å². The minimum absolute atomic E-state index is 0.788. The molecule has 1 aliphatic rings. The van der Waals surface area contributed by atoms with Crippen LogP contribution in [0.2, 0.25) is 0 Å². The van der Waals surface area contributed by atoms with Gasteiger partial charge in [-0.15, -0.1) is 11.3 Å². The first-order valence-corrected chi connectivity index (χ1v) is 10.7. The Bertz CT molecular complexity index is 1210. The van der Waals surface area contributed by atoms with E-state index in [1.807, 2.05) is 36.0 Å². The van der Waals surface area contributed by atoms with Gasteiger partial charge in [0, 0.05) is 10.4 Å². The van der Waals surface area contributed by atoms with E-state index in [4.69, 9.17) is 0 Å². The molecule has 1 N–H and O–H groups in total. The average Bonchev–Trinajstić information content (AvgIpc) is 3.27. The Morgan fingerprint density at radius 3 is 2.79 bits per heavy atom. The molecule has 0 saturated carbocycles. The lowest BCUT2D eigenvalue weighted by Gasteiger charge is -2.11. The summed E-state index contributed by atoms with van der Waals surface area (Å²) in [4.78, 5) is 11.4. The van der Waals surface area contributed by atoms with Crippen molar-refractivity contribution in [2.75, 3.05) is 5.43 Å². The molecule has 0 atom stereocenters. The Balaban J connectivity index is 1.45. The number of anilines is 1. The van der Waals surface area contributed by atoms with Gasteiger partial charge in [0.05, 0.1) is 28.7 Å². The Labute approximate surface area is 173 Å². The van der Waals surface area contributed by atoms with E-state index in [1.165, 1.54) is 23.3 Å². The van der Waals surface area contributed by atoms with Crippen molar-refractivity contribution in [1.82, 2.24) is 19.7 Å². The maximum absolute atomic E-state index is 4.68. The van der Waals surface area contributed by atoms with Crippen LogP contribution in [0.3, 0.4) is 0 Å². The third-order valence-electron chi connectivity index (χ3n) is 5.46. The fourth-order valence-electron chi connectivity index (χ4n) is 4.00. The molecule has 7 heteroatoms. The lowest BCUT2D eigenvalue weighted by molar-refractivity contribution is 0.700. The van der Waals surface area contributed by atoms with Crippen molar-refractivity contribution in [3.05, 3.63) is 64.1 Å². The molecule has 6 nitrogen and oxygen atoms in total. The van der Waals surface area contributed by atoms with Gasteiger partial charge in [0.15, 0.2) is 5.82 Å². The number of thiophene rings is 1. The van der Waals surface area contributed by atoms with Crippen LogP contribution in [0.1, 0.15) is 40.2 Å². The van der Waals surface area contributed by atoms with Crippen LogP contribution in [0.25, 0.3) is 15.9 Å². The molecule has 146 valence electrons. The number of hydrazone groups is 1. The van der Waals surface area contributed by atoms with Gasteiger partial charge in [0.2, 0.25) is 0 Å². The van der Waals surface area contributed by atoms with Gasteiger partial charge in [0.1, 0.15) is 11.2 Å². The topological polar surface area (TPSA) is 68.0 Å². The number of hydrogen-bond donors (Lipinski definition) is 1. The summed E-state index contributed by atoms with van der Waals surface area (Å²) in [6.45, 7) is 4.07. The molecular weight excluding hydrogens is 380 g/mol. The van der Waals surface area contributed by atoms with Crippen LogP contribution in [0.4, 0.5) is 5.82 Å². The van der Waals surface area contributed by atoms with Crippen molar-refractivity contribution in [2.24, 2.45) is 5.10 Å². The second-order valence-electron chi connectivity index (χ2n) is 7.32. The van der Waals surface area contributed by atoms with Gasteiger partial charge in [-0.2, -0.15) is 10.2 Å². The molecular formula is C22H22N6S. The summed E-state index contributed by atoms with van der Waals surface area (Å²) in [6.07, 6.45) is 8.20. The van der Waals surface area contributed by atoms with Crippen LogP contribution in [-0.2, 0) is 12.8 Å². The summed E-state index contributed by atoms with van der Waals surface area (Å²) in [5.74, 6) is 0.788. The smallest absolute Gasteiger partial charge is 0.158 e. The standard InChI is InChI=1S/C22H22N6S/c1-14-18(15(2)28(27-14)16-8-4-3-5-9-16)12-25-26-21-20-17-10-6-7-11-19(17)29-22(20)24-13-23-21/h3-5,8-9,12-13H,6-7,10-11H2,1-2H3,(H,23,24,26)/b25-12+. The second kappa shape index (κ2) is 7.40. The summed E-state index contributed by atoms with van der Waals surface area (Å²) >= 11 is 1.79. The summed E-state index contributed by atoms with van der Waals surface area (Å²) in [5.41, 5.74) is 8.62. The van der Waals surface area contributed by atoms with Crippen molar-refractivity contribution in [3.63, 3.8) is 0 Å². The molecule has 0 aliphatic heterocycles. The summed E-state index contributed by atoms with van der Waals surface area (Å²) < 4.78 is 1.95. The Morgan fingerprint density at radius 1 is 1.10 bits per heavy atom. The number of para-hydroxylation sites is 1. The number of nitrogens with zero attached hydrogens (tertiary/aromatic N) is 5. The van der Waals surface area contributed by atoms with Crippen LogP contribution in [0, 0.1) is 13.8 Å². The zero-order valence-electron chi connectivity index (χ0n) is 16.5. The zero-order valence-corrected chi connectivity index (χ0v) is 17.3. The minimum Gasteiger partial charge on any atom is -0.261 e. The predicted molar refractivity (Wildman–Crippen MR) is 118 cm³/mol. The lowest BCUT2D eigenvalue weighted by Crippen LogP contribution is -2.01. The number of fused-ring (bicyclic) bond motifs is 3. The maximum atomic E-state index is 4.68. The van der Waals surface area contributed by atoms with E-state index >= 15 is 0 Å². The van der Waals surface area contributed by atoms with Crippen molar-refractivity contribution < 1.29 is 0 Å². The molecule has 1 aliphatic carbocycles. The lowest BCUT2D eigenvalue weighted by atomic mass is 9.97. The van der Waals surface area contributed by atoms with Crippen molar-refractivity contribution in [3.8, 4) is 5.69 Å². The van der Waals surface area contributed by atoms with Gasteiger partial charge >= 0.3 is 0 Å². The van der Waals surface area contributed by atoms with E-state index in [9.17, 15) is 0 Å². The largest absolute Gasteiger partial charge is 0.261 e. The van der Waals surface area contributed by atoms with Crippen LogP contribution in [0.5, 0.6) is 0 Å². The quantitative estimate of drug-likeness (QED) is 0.393. The molecule has 1 aromatic carbocycles. The fraction of sp³-hybridized carbons (Fsp3) is 0.273. The third-order valence-corrected chi connectivity index (χ3v) is 6.66. The number of aryl methyl sites for hydroxylation is 3. The third kappa shape index (κ3) is 3.21. The molecule has 0 spiro atoms. The predicted octanol–water partition coefficient (Wildman–Crippen LogP) is 4.82. The number of rotatable bonds is 4. The first-order valence-electron chi connectivity index (χ1n) is 9.88. The average molecular weight is 403 g/mol. The summed E-state index contributed by atoms with van der Waals surface area (Å²) in [7, 11) is 0. The highest BCUT2D eigenvalue weighted by Crippen LogP contribution is 2.38. The Morgan fingerprint density at radius 2 is 1.93 bits per heavy atom. The maximum Gasteiger partial charge on any atom is 0.158 e. The van der Waals surface area contributed by atoms with E-state index in [0.29, 0.717) is 0 Å². The number of nitrogens with one attached hydrogen (secondary N) is 1. The van der Waals surface area contributed by atoms with Gasteiger partial charge in [-0.1, -0.05) is 18.2 Å². The molecule has 3 aromatic heterocycles.